The molecule has 2 aliphatic carbocycles. The van der Waals surface area contributed by atoms with Crippen LogP contribution in [-0.4, -0.2) is 28.3 Å². The molecule has 5 rings (SSSR count). The van der Waals surface area contributed by atoms with Crippen molar-refractivity contribution >= 4 is 5.91 Å². The highest BCUT2D eigenvalue weighted by Crippen LogP contribution is 2.42. The van der Waals surface area contributed by atoms with Gasteiger partial charge in [0.15, 0.2) is 0 Å². The number of para-hydroxylation sites is 1. The van der Waals surface area contributed by atoms with E-state index in [1.165, 1.54) is 24.8 Å². The first-order valence-corrected chi connectivity index (χ1v) is 9.97. The molecule has 3 N–H and O–H groups in total. The molecule has 5 heteroatoms. The Kier molecular flexibility index (Phi) is 4.24. The molecule has 0 bridgehead atoms. The van der Waals surface area contributed by atoms with E-state index >= 15 is 0 Å². The van der Waals surface area contributed by atoms with Gasteiger partial charge < -0.3 is 11.1 Å². The number of benzene rings is 2. The van der Waals surface area contributed by atoms with E-state index in [1.807, 2.05) is 30.3 Å². The van der Waals surface area contributed by atoms with E-state index in [1.54, 1.807) is 10.9 Å². The number of carbonyl (C=O) groups excluding carboxylic acids is 1. The normalized spacial score (nSPS) is 20.9. The summed E-state index contributed by atoms with van der Waals surface area (Å²) in [6, 6.07) is 18.8. The highest BCUT2D eigenvalue weighted by atomic mass is 16.1. The largest absolute Gasteiger partial charge is 0.365 e. The highest BCUT2D eigenvalue weighted by Gasteiger charge is 2.38. The van der Waals surface area contributed by atoms with Gasteiger partial charge in [-0.1, -0.05) is 42.5 Å². The minimum Gasteiger partial charge on any atom is -0.365 e. The topological polar surface area (TPSA) is 72.9 Å². The van der Waals surface area contributed by atoms with Gasteiger partial charge in [0, 0.05) is 23.7 Å². The summed E-state index contributed by atoms with van der Waals surface area (Å²) in [4.78, 5) is 12.0. The first-order valence-electron chi connectivity index (χ1n) is 9.97. The quantitative estimate of drug-likeness (QED) is 0.667. The van der Waals surface area contributed by atoms with Gasteiger partial charge in [-0.15, -0.1) is 0 Å². The van der Waals surface area contributed by atoms with E-state index in [0.29, 0.717) is 23.2 Å². The SMILES string of the molecule is NC(=O)c1cn(-c2ccccc2)nc1-c1ccc([C@@H]2C[C@H]2NCC2CC2)cc1. The lowest BCUT2D eigenvalue weighted by atomic mass is 10.0. The molecule has 3 aromatic rings. The molecule has 0 aliphatic heterocycles. The Morgan fingerprint density at radius 2 is 1.86 bits per heavy atom. The number of nitrogens with zero attached hydrogens (tertiary/aromatic N) is 2. The summed E-state index contributed by atoms with van der Waals surface area (Å²) in [6.45, 7) is 1.16. The second kappa shape index (κ2) is 6.91. The van der Waals surface area contributed by atoms with Crippen molar-refractivity contribution in [2.75, 3.05) is 6.54 Å². The fourth-order valence-electron chi connectivity index (χ4n) is 3.80. The maximum atomic E-state index is 12.0. The zero-order valence-corrected chi connectivity index (χ0v) is 15.7. The first-order chi connectivity index (χ1) is 13.7. The number of hydrogen-bond acceptors (Lipinski definition) is 3. The van der Waals surface area contributed by atoms with Gasteiger partial charge in [-0.25, -0.2) is 4.68 Å². The van der Waals surface area contributed by atoms with Crippen molar-refractivity contribution in [2.24, 2.45) is 11.7 Å². The number of nitrogens with one attached hydrogen (secondary N) is 1. The van der Waals surface area contributed by atoms with Gasteiger partial charge in [0.05, 0.1) is 11.3 Å². The van der Waals surface area contributed by atoms with E-state index < -0.39 is 5.91 Å². The van der Waals surface area contributed by atoms with Crippen molar-refractivity contribution in [1.29, 1.82) is 0 Å². The van der Waals surface area contributed by atoms with Crippen LogP contribution in [0.3, 0.4) is 0 Å². The first kappa shape index (κ1) is 17.2. The molecule has 2 saturated carbocycles. The number of hydrogen-bond donors (Lipinski definition) is 2. The van der Waals surface area contributed by atoms with Crippen LogP contribution in [0.5, 0.6) is 0 Å². The number of carbonyl (C=O) groups is 1. The molecule has 2 aliphatic rings. The molecule has 28 heavy (non-hydrogen) atoms. The Morgan fingerprint density at radius 3 is 2.54 bits per heavy atom. The van der Waals surface area contributed by atoms with Crippen LogP contribution >= 0.6 is 0 Å². The van der Waals surface area contributed by atoms with Crippen LogP contribution < -0.4 is 11.1 Å². The molecule has 2 fully saturated rings. The van der Waals surface area contributed by atoms with Gasteiger partial charge in [0.2, 0.25) is 0 Å². The van der Waals surface area contributed by atoms with E-state index in [4.69, 9.17) is 5.73 Å². The van der Waals surface area contributed by atoms with Crippen LogP contribution in [0.4, 0.5) is 0 Å². The Bertz CT molecular complexity index is 989. The molecule has 1 amide bonds. The second-order valence-electron chi connectivity index (χ2n) is 7.96. The summed E-state index contributed by atoms with van der Waals surface area (Å²) >= 11 is 0. The monoisotopic (exact) mass is 372 g/mol. The highest BCUT2D eigenvalue weighted by molar-refractivity contribution is 5.98. The molecule has 142 valence electrons. The molecule has 1 heterocycles. The Labute approximate surface area is 164 Å². The molecular weight excluding hydrogens is 348 g/mol. The van der Waals surface area contributed by atoms with Gasteiger partial charge >= 0.3 is 0 Å². The predicted octanol–water partition coefficient (Wildman–Crippen LogP) is 3.49. The van der Waals surface area contributed by atoms with Crippen molar-refractivity contribution in [3.05, 3.63) is 71.9 Å². The molecule has 0 saturated heterocycles. The zero-order valence-electron chi connectivity index (χ0n) is 15.7. The Balaban J connectivity index is 1.37. The third-order valence-corrected chi connectivity index (χ3v) is 5.77. The van der Waals surface area contributed by atoms with E-state index in [2.05, 4.69) is 34.7 Å². The number of aromatic nitrogens is 2. The molecule has 5 nitrogen and oxygen atoms in total. The lowest BCUT2D eigenvalue weighted by molar-refractivity contribution is 0.100. The maximum absolute atomic E-state index is 12.0. The predicted molar refractivity (Wildman–Crippen MR) is 109 cm³/mol. The third-order valence-electron chi connectivity index (χ3n) is 5.77. The van der Waals surface area contributed by atoms with Gasteiger partial charge in [-0.2, -0.15) is 5.10 Å². The fourth-order valence-corrected chi connectivity index (χ4v) is 3.80. The summed E-state index contributed by atoms with van der Waals surface area (Å²) in [5.74, 6) is 1.05. The smallest absolute Gasteiger partial charge is 0.252 e. The van der Waals surface area contributed by atoms with Crippen molar-refractivity contribution < 1.29 is 4.79 Å². The number of rotatable bonds is 7. The van der Waals surface area contributed by atoms with Gasteiger partial charge in [-0.3, -0.25) is 4.79 Å². The van der Waals surface area contributed by atoms with Gasteiger partial charge in [0.25, 0.3) is 5.91 Å². The van der Waals surface area contributed by atoms with Crippen LogP contribution in [0.25, 0.3) is 16.9 Å². The standard InChI is InChI=1S/C23H24N4O/c24-23(28)20-14-27(18-4-2-1-3-5-18)26-22(20)17-10-8-16(9-11-17)19-12-21(19)25-13-15-6-7-15/h1-5,8-11,14-15,19,21,25H,6-7,12-13H2,(H2,24,28)/t19-,21+/m0/s1. The number of amides is 1. The Hall–Kier alpha value is -2.92. The molecule has 1 aromatic heterocycles. The molecule has 0 spiro atoms. The lowest BCUT2D eigenvalue weighted by Crippen LogP contribution is -2.20. The molecule has 2 aromatic carbocycles. The average molecular weight is 372 g/mol. The van der Waals surface area contributed by atoms with Crippen molar-refractivity contribution in [2.45, 2.75) is 31.2 Å². The maximum Gasteiger partial charge on any atom is 0.252 e. The van der Waals surface area contributed by atoms with Crippen LogP contribution in [0.2, 0.25) is 0 Å². The summed E-state index contributed by atoms with van der Waals surface area (Å²) in [7, 11) is 0. The summed E-state index contributed by atoms with van der Waals surface area (Å²) in [5, 5.41) is 8.32. The fraction of sp³-hybridized carbons (Fsp3) is 0.304. The minimum absolute atomic E-state index is 0.437. The lowest BCUT2D eigenvalue weighted by Gasteiger charge is -2.05. The zero-order chi connectivity index (χ0) is 19.1. The summed E-state index contributed by atoms with van der Waals surface area (Å²) in [5.41, 5.74) is 9.83. The van der Waals surface area contributed by atoms with Crippen LogP contribution in [0.15, 0.2) is 60.8 Å². The van der Waals surface area contributed by atoms with Crippen LogP contribution in [0.1, 0.15) is 41.1 Å². The number of primary amides is 1. The van der Waals surface area contributed by atoms with Crippen molar-refractivity contribution in [3.8, 4) is 16.9 Å². The van der Waals surface area contributed by atoms with Crippen molar-refractivity contribution in [3.63, 3.8) is 0 Å². The van der Waals surface area contributed by atoms with Crippen LogP contribution in [-0.2, 0) is 0 Å². The molecule has 2 atom stereocenters. The molecule has 0 radical (unpaired) electrons. The summed E-state index contributed by atoms with van der Waals surface area (Å²) < 4.78 is 1.71. The van der Waals surface area contributed by atoms with Crippen LogP contribution in [0, 0.1) is 5.92 Å². The third kappa shape index (κ3) is 3.45. The Morgan fingerprint density at radius 1 is 1.11 bits per heavy atom. The van der Waals surface area contributed by atoms with Gasteiger partial charge in [-0.05, 0) is 49.4 Å². The second-order valence-corrected chi connectivity index (χ2v) is 7.96. The van der Waals surface area contributed by atoms with Gasteiger partial charge in [0.1, 0.15) is 5.69 Å². The van der Waals surface area contributed by atoms with Crippen molar-refractivity contribution in [1.82, 2.24) is 15.1 Å². The van der Waals surface area contributed by atoms with E-state index in [9.17, 15) is 4.79 Å². The minimum atomic E-state index is -0.465. The number of nitrogens with two attached hydrogens (primary N) is 1. The molecule has 0 unspecified atom stereocenters. The average Bonchev–Trinajstić information content (AvgIpc) is 3.64. The van der Waals surface area contributed by atoms with E-state index in [-0.39, 0.29) is 0 Å². The molecular formula is C23H24N4O. The van der Waals surface area contributed by atoms with E-state index in [0.717, 1.165) is 23.7 Å². The summed E-state index contributed by atoms with van der Waals surface area (Å²) in [6.07, 6.45) is 5.69.